The summed E-state index contributed by atoms with van der Waals surface area (Å²) in [5.41, 5.74) is 6.33. The molecule has 0 spiro atoms. The predicted molar refractivity (Wildman–Crippen MR) is 126 cm³/mol. The van der Waals surface area contributed by atoms with E-state index in [0.717, 1.165) is 36.8 Å². The van der Waals surface area contributed by atoms with Gasteiger partial charge >= 0.3 is 0 Å². The molecule has 0 aliphatic heterocycles. The molecule has 1 aliphatic rings. The van der Waals surface area contributed by atoms with Crippen LogP contribution >= 0.6 is 0 Å². The second kappa shape index (κ2) is 9.35. The predicted octanol–water partition coefficient (Wildman–Crippen LogP) is 4.91. The topological polar surface area (TPSA) is 83.4 Å². The van der Waals surface area contributed by atoms with Gasteiger partial charge in [-0.25, -0.2) is 0 Å². The highest BCUT2D eigenvalue weighted by Crippen LogP contribution is 2.56. The summed E-state index contributed by atoms with van der Waals surface area (Å²) in [7, 11) is 0. The highest BCUT2D eigenvalue weighted by molar-refractivity contribution is 5.38. The molecule has 5 N–H and O–H groups in total. The monoisotopic (exact) mass is 419 g/mol. The SMILES string of the molecule is CC(C)CC1CC1(C)C=CCc1cc(O)n(C(C)(C)CCNC(C)(C)CCN)c1O. The van der Waals surface area contributed by atoms with Crippen LogP contribution in [0, 0.1) is 17.3 Å². The van der Waals surface area contributed by atoms with Gasteiger partial charge in [0.2, 0.25) is 0 Å². The lowest BCUT2D eigenvalue weighted by Gasteiger charge is -2.32. The van der Waals surface area contributed by atoms with Crippen LogP contribution in [0.4, 0.5) is 0 Å². The second-order valence-electron chi connectivity index (χ2n) is 11.2. The van der Waals surface area contributed by atoms with Crippen LogP contribution in [0.2, 0.25) is 0 Å². The van der Waals surface area contributed by atoms with E-state index in [-0.39, 0.29) is 17.3 Å². The molecular weight excluding hydrogens is 374 g/mol. The van der Waals surface area contributed by atoms with Crippen LogP contribution in [0.5, 0.6) is 11.8 Å². The summed E-state index contributed by atoms with van der Waals surface area (Å²) in [4.78, 5) is 0. The molecule has 5 nitrogen and oxygen atoms in total. The fraction of sp³-hybridized carbons (Fsp3) is 0.760. The molecule has 0 bridgehead atoms. The minimum atomic E-state index is -0.410. The van der Waals surface area contributed by atoms with Crippen LogP contribution in [0.1, 0.15) is 79.7 Å². The largest absolute Gasteiger partial charge is 0.494 e. The van der Waals surface area contributed by atoms with E-state index in [0.29, 0.717) is 18.4 Å². The Kier molecular flexibility index (Phi) is 7.73. The Hall–Kier alpha value is -1.46. The average molecular weight is 420 g/mol. The highest BCUT2D eigenvalue weighted by atomic mass is 16.3. The number of aromatic hydroxyl groups is 2. The summed E-state index contributed by atoms with van der Waals surface area (Å²) >= 11 is 0. The van der Waals surface area contributed by atoms with Crippen LogP contribution in [-0.2, 0) is 12.0 Å². The first-order valence-electron chi connectivity index (χ1n) is 11.6. The molecule has 172 valence electrons. The zero-order valence-corrected chi connectivity index (χ0v) is 20.3. The zero-order valence-electron chi connectivity index (χ0n) is 20.3. The van der Waals surface area contributed by atoms with Crippen LogP contribution in [0.3, 0.4) is 0 Å². The van der Waals surface area contributed by atoms with E-state index in [1.54, 1.807) is 10.6 Å². The van der Waals surface area contributed by atoms with E-state index in [2.05, 4.69) is 52.1 Å². The minimum absolute atomic E-state index is 0.0199. The molecule has 5 heteroatoms. The van der Waals surface area contributed by atoms with Gasteiger partial charge < -0.3 is 21.3 Å². The summed E-state index contributed by atoms with van der Waals surface area (Å²) in [5.74, 6) is 1.80. The number of nitrogens with one attached hydrogen (secondary N) is 1. The molecule has 0 saturated heterocycles. The highest BCUT2D eigenvalue weighted by Gasteiger charge is 2.47. The summed E-state index contributed by atoms with van der Waals surface area (Å²) in [6.45, 7) is 16.7. The molecule has 2 atom stereocenters. The molecule has 1 saturated carbocycles. The Morgan fingerprint density at radius 2 is 1.93 bits per heavy atom. The summed E-state index contributed by atoms with van der Waals surface area (Å²) in [5, 5.41) is 24.9. The molecular formula is C25H45N3O2. The molecule has 1 aromatic heterocycles. The molecule has 1 aliphatic carbocycles. The van der Waals surface area contributed by atoms with Crippen LogP contribution in [0.15, 0.2) is 18.2 Å². The van der Waals surface area contributed by atoms with Gasteiger partial charge in [0.15, 0.2) is 11.8 Å². The molecule has 1 aromatic rings. The zero-order chi connectivity index (χ0) is 22.7. The van der Waals surface area contributed by atoms with Crippen molar-refractivity contribution in [2.24, 2.45) is 23.0 Å². The van der Waals surface area contributed by atoms with Crippen molar-refractivity contribution < 1.29 is 10.2 Å². The van der Waals surface area contributed by atoms with Crippen molar-refractivity contribution in [1.82, 2.24) is 9.88 Å². The standard InChI is InChI=1S/C25H45N3O2/c1-18(2)15-20-17-25(20,7)10-8-9-19-16-21(29)28(22(19)30)24(5,6)12-14-27-23(3,4)11-13-26/h8,10,16,18,20,27,29-30H,9,11-15,17,26H2,1-7H3. The van der Waals surface area contributed by atoms with E-state index >= 15 is 0 Å². The fourth-order valence-electron chi connectivity index (χ4n) is 4.60. The van der Waals surface area contributed by atoms with Crippen molar-refractivity contribution >= 4 is 0 Å². The van der Waals surface area contributed by atoms with Crippen molar-refractivity contribution in [3.05, 3.63) is 23.8 Å². The summed E-state index contributed by atoms with van der Waals surface area (Å²) < 4.78 is 1.66. The third kappa shape index (κ3) is 6.27. The number of hydrogen-bond donors (Lipinski definition) is 4. The minimum Gasteiger partial charge on any atom is -0.494 e. The Morgan fingerprint density at radius 1 is 1.27 bits per heavy atom. The van der Waals surface area contributed by atoms with Crippen molar-refractivity contribution in [2.75, 3.05) is 13.1 Å². The molecule has 2 rings (SSSR count). The maximum absolute atomic E-state index is 10.8. The van der Waals surface area contributed by atoms with Gasteiger partial charge in [-0.05, 0) is 90.1 Å². The first-order chi connectivity index (χ1) is 13.8. The average Bonchev–Trinajstić information content (AvgIpc) is 3.10. The van der Waals surface area contributed by atoms with Gasteiger partial charge in [-0.1, -0.05) is 32.9 Å². The quantitative estimate of drug-likeness (QED) is 0.363. The second-order valence-corrected chi connectivity index (χ2v) is 11.2. The van der Waals surface area contributed by atoms with Gasteiger partial charge in [0.1, 0.15) is 0 Å². The van der Waals surface area contributed by atoms with Gasteiger partial charge in [-0.3, -0.25) is 4.57 Å². The van der Waals surface area contributed by atoms with Gasteiger partial charge in [0, 0.05) is 22.7 Å². The third-order valence-corrected chi connectivity index (χ3v) is 6.80. The molecule has 0 amide bonds. The van der Waals surface area contributed by atoms with E-state index < -0.39 is 5.54 Å². The van der Waals surface area contributed by atoms with Crippen molar-refractivity contribution in [2.45, 2.75) is 91.6 Å². The van der Waals surface area contributed by atoms with Crippen LogP contribution in [0.25, 0.3) is 0 Å². The van der Waals surface area contributed by atoms with Gasteiger partial charge in [-0.15, -0.1) is 0 Å². The third-order valence-electron chi connectivity index (χ3n) is 6.80. The molecule has 1 fully saturated rings. The molecule has 2 unspecified atom stereocenters. The van der Waals surface area contributed by atoms with E-state index in [9.17, 15) is 10.2 Å². The Balaban J connectivity index is 2.00. The normalized spacial score (nSPS) is 22.4. The lowest BCUT2D eigenvalue weighted by atomic mass is 9.97. The Morgan fingerprint density at radius 3 is 2.53 bits per heavy atom. The van der Waals surface area contributed by atoms with Gasteiger partial charge in [0.05, 0.1) is 0 Å². The number of nitrogens with two attached hydrogens (primary N) is 1. The van der Waals surface area contributed by atoms with Crippen molar-refractivity contribution in [3.8, 4) is 11.8 Å². The molecule has 0 radical (unpaired) electrons. The lowest BCUT2D eigenvalue weighted by Crippen LogP contribution is -2.43. The lowest BCUT2D eigenvalue weighted by molar-refractivity contribution is 0.238. The summed E-state index contributed by atoms with van der Waals surface area (Å²) in [6, 6.07) is 1.70. The number of rotatable bonds is 12. The Bertz CT molecular complexity index is 733. The maximum Gasteiger partial charge on any atom is 0.198 e. The number of allylic oxidation sites excluding steroid dienone is 2. The first kappa shape index (κ1) is 24.8. The molecule has 30 heavy (non-hydrogen) atoms. The van der Waals surface area contributed by atoms with Crippen molar-refractivity contribution in [3.63, 3.8) is 0 Å². The van der Waals surface area contributed by atoms with E-state index in [1.807, 2.05) is 13.8 Å². The van der Waals surface area contributed by atoms with Crippen molar-refractivity contribution in [1.29, 1.82) is 0 Å². The number of aromatic nitrogens is 1. The molecule has 0 aromatic carbocycles. The van der Waals surface area contributed by atoms with Gasteiger partial charge in [0.25, 0.3) is 0 Å². The van der Waals surface area contributed by atoms with Crippen LogP contribution < -0.4 is 11.1 Å². The maximum atomic E-state index is 10.8. The van der Waals surface area contributed by atoms with E-state index in [1.165, 1.54) is 12.8 Å². The smallest absolute Gasteiger partial charge is 0.198 e. The van der Waals surface area contributed by atoms with Crippen LogP contribution in [-0.4, -0.2) is 33.4 Å². The number of nitrogens with zero attached hydrogens (tertiary/aromatic N) is 1. The van der Waals surface area contributed by atoms with Gasteiger partial charge in [-0.2, -0.15) is 0 Å². The fourth-order valence-corrected chi connectivity index (χ4v) is 4.60. The summed E-state index contributed by atoms with van der Waals surface area (Å²) in [6.07, 6.45) is 9.30. The Labute approximate surface area is 183 Å². The molecule has 1 heterocycles. The van der Waals surface area contributed by atoms with E-state index in [4.69, 9.17) is 5.73 Å². The number of hydrogen-bond acceptors (Lipinski definition) is 4. The first-order valence-corrected chi connectivity index (χ1v) is 11.6.